The molecule has 0 fully saturated rings. The third kappa shape index (κ3) is 3.28. The smallest absolute Gasteiger partial charge is 0.119 e. The molecule has 3 nitrogen and oxygen atoms in total. The second kappa shape index (κ2) is 5.75. The van der Waals surface area contributed by atoms with Crippen LogP contribution < -0.4 is 4.74 Å². The molecule has 82 valence electrons. The van der Waals surface area contributed by atoms with Crippen LogP contribution in [0, 0.1) is 0 Å². The first-order valence-electron chi connectivity index (χ1n) is 5.26. The van der Waals surface area contributed by atoms with Crippen LogP contribution in [0.25, 0.3) is 0 Å². The Morgan fingerprint density at radius 2 is 2.00 bits per heavy atom. The lowest BCUT2D eigenvalue weighted by Gasteiger charge is -2.02. The van der Waals surface area contributed by atoms with Crippen LogP contribution in [0.4, 0.5) is 0 Å². The highest BCUT2D eigenvalue weighted by atomic mass is 16.5. The Kier molecular flexibility index (Phi) is 3.77. The van der Waals surface area contributed by atoms with E-state index in [0.29, 0.717) is 13.2 Å². The molecule has 0 aliphatic rings. The number of benzene rings is 1. The fourth-order valence-corrected chi connectivity index (χ4v) is 1.32. The number of aromatic nitrogens is 1. The quantitative estimate of drug-likeness (QED) is 0.602. The van der Waals surface area contributed by atoms with Crippen LogP contribution in [0.1, 0.15) is 5.69 Å². The summed E-state index contributed by atoms with van der Waals surface area (Å²) in [6.45, 7) is 1.26. The lowest BCUT2D eigenvalue weighted by molar-refractivity contribution is 0.329. The number of aliphatic imine (C=N–C) groups is 1. The van der Waals surface area contributed by atoms with Gasteiger partial charge in [-0.3, -0.25) is 4.99 Å². The van der Waals surface area contributed by atoms with E-state index in [4.69, 9.17) is 4.74 Å². The van der Waals surface area contributed by atoms with Gasteiger partial charge in [-0.05, 0) is 24.3 Å². The standard InChI is InChI=1S/C13H14N2O/c1-2-6-13(7-3-1)16-10-9-14-11-12-5-4-8-15-12/h1-8,11,15H,9-10H2. The molecular formula is C13H14N2O. The lowest BCUT2D eigenvalue weighted by Crippen LogP contribution is -2.01. The van der Waals surface area contributed by atoms with E-state index in [-0.39, 0.29) is 0 Å². The zero-order valence-electron chi connectivity index (χ0n) is 8.97. The van der Waals surface area contributed by atoms with Gasteiger partial charge >= 0.3 is 0 Å². The maximum Gasteiger partial charge on any atom is 0.119 e. The number of aromatic amines is 1. The Bertz CT molecular complexity index is 420. The van der Waals surface area contributed by atoms with Crippen molar-refractivity contribution < 1.29 is 4.74 Å². The second-order valence-electron chi connectivity index (χ2n) is 3.32. The van der Waals surface area contributed by atoms with Crippen LogP contribution in [-0.2, 0) is 0 Å². The number of hydrogen-bond acceptors (Lipinski definition) is 2. The van der Waals surface area contributed by atoms with Gasteiger partial charge in [0.15, 0.2) is 0 Å². The van der Waals surface area contributed by atoms with Crippen molar-refractivity contribution in [2.24, 2.45) is 4.99 Å². The highest BCUT2D eigenvalue weighted by Gasteiger charge is 1.89. The summed E-state index contributed by atoms with van der Waals surface area (Å²) in [4.78, 5) is 7.30. The van der Waals surface area contributed by atoms with Crippen LogP contribution >= 0.6 is 0 Å². The molecule has 1 N–H and O–H groups in total. The van der Waals surface area contributed by atoms with Gasteiger partial charge in [-0.25, -0.2) is 0 Å². The molecule has 0 saturated heterocycles. The SMILES string of the molecule is C(=NCCOc1ccccc1)c1ccc[nH]1. The predicted octanol–water partition coefficient (Wildman–Crippen LogP) is 2.51. The van der Waals surface area contributed by atoms with Gasteiger partial charge in [-0.2, -0.15) is 0 Å². The zero-order valence-corrected chi connectivity index (χ0v) is 8.97. The van der Waals surface area contributed by atoms with Crippen molar-refractivity contribution in [3.63, 3.8) is 0 Å². The van der Waals surface area contributed by atoms with Gasteiger partial charge in [0.25, 0.3) is 0 Å². The molecule has 2 rings (SSSR count). The molecule has 0 atom stereocenters. The largest absolute Gasteiger partial charge is 0.492 e. The monoisotopic (exact) mass is 214 g/mol. The Balaban J connectivity index is 1.69. The van der Waals surface area contributed by atoms with E-state index in [9.17, 15) is 0 Å². The van der Waals surface area contributed by atoms with Gasteiger partial charge in [0.05, 0.1) is 12.2 Å². The van der Waals surface area contributed by atoms with Crippen LogP contribution in [0.2, 0.25) is 0 Å². The highest BCUT2D eigenvalue weighted by molar-refractivity contribution is 5.76. The summed E-state index contributed by atoms with van der Waals surface area (Å²) in [5.74, 6) is 0.887. The van der Waals surface area contributed by atoms with Gasteiger partial charge in [-0.15, -0.1) is 0 Å². The number of nitrogens with one attached hydrogen (secondary N) is 1. The van der Waals surface area contributed by atoms with Crippen LogP contribution in [0.5, 0.6) is 5.75 Å². The van der Waals surface area contributed by atoms with Gasteiger partial charge < -0.3 is 9.72 Å². The van der Waals surface area contributed by atoms with E-state index in [1.165, 1.54) is 0 Å². The summed E-state index contributed by atoms with van der Waals surface area (Å²) in [7, 11) is 0. The molecule has 2 aromatic rings. The molecule has 0 saturated carbocycles. The van der Waals surface area contributed by atoms with E-state index in [2.05, 4.69) is 9.98 Å². The Hall–Kier alpha value is -2.03. The van der Waals surface area contributed by atoms with Gasteiger partial charge in [-0.1, -0.05) is 18.2 Å². The zero-order chi connectivity index (χ0) is 11.1. The minimum atomic E-state index is 0.598. The van der Waals surface area contributed by atoms with Gasteiger partial charge in [0, 0.05) is 12.4 Å². The van der Waals surface area contributed by atoms with E-state index in [0.717, 1.165) is 11.4 Å². The minimum Gasteiger partial charge on any atom is -0.492 e. The summed E-state index contributed by atoms with van der Waals surface area (Å²) in [5, 5.41) is 0. The molecule has 0 unspecified atom stereocenters. The molecule has 0 bridgehead atoms. The van der Waals surface area contributed by atoms with Crippen molar-refractivity contribution >= 4 is 6.21 Å². The predicted molar refractivity (Wildman–Crippen MR) is 65.2 cm³/mol. The summed E-state index contributed by atoms with van der Waals surface area (Å²) in [5.41, 5.74) is 1.01. The fourth-order valence-electron chi connectivity index (χ4n) is 1.32. The van der Waals surface area contributed by atoms with Crippen molar-refractivity contribution in [2.75, 3.05) is 13.2 Å². The first-order chi connectivity index (χ1) is 7.95. The average Bonchev–Trinajstić information content (AvgIpc) is 2.83. The molecule has 0 aliphatic carbocycles. The van der Waals surface area contributed by atoms with Crippen molar-refractivity contribution in [1.82, 2.24) is 4.98 Å². The Labute approximate surface area is 94.8 Å². The number of ether oxygens (including phenoxy) is 1. The summed E-state index contributed by atoms with van der Waals surface area (Å²) < 4.78 is 5.50. The molecule has 16 heavy (non-hydrogen) atoms. The number of H-pyrrole nitrogens is 1. The molecule has 0 spiro atoms. The summed E-state index contributed by atoms with van der Waals surface area (Å²) in [6.07, 6.45) is 3.69. The van der Waals surface area contributed by atoms with E-state index in [1.807, 2.05) is 54.9 Å². The van der Waals surface area contributed by atoms with Crippen molar-refractivity contribution in [3.8, 4) is 5.75 Å². The third-order valence-corrected chi connectivity index (χ3v) is 2.08. The summed E-state index contributed by atoms with van der Waals surface area (Å²) >= 11 is 0. The first kappa shape index (κ1) is 10.5. The molecule has 0 radical (unpaired) electrons. The minimum absolute atomic E-state index is 0.598. The molecule has 0 amide bonds. The average molecular weight is 214 g/mol. The molecule has 1 aromatic heterocycles. The van der Waals surface area contributed by atoms with Gasteiger partial charge in [0.1, 0.15) is 12.4 Å². The number of rotatable bonds is 5. The lowest BCUT2D eigenvalue weighted by atomic mass is 10.3. The molecule has 0 aliphatic heterocycles. The van der Waals surface area contributed by atoms with Gasteiger partial charge in [0.2, 0.25) is 0 Å². The van der Waals surface area contributed by atoms with Crippen LogP contribution in [0.15, 0.2) is 53.7 Å². The summed E-state index contributed by atoms with van der Waals surface area (Å²) in [6, 6.07) is 13.7. The number of para-hydroxylation sites is 1. The molecule has 1 aromatic carbocycles. The third-order valence-electron chi connectivity index (χ3n) is 2.08. The van der Waals surface area contributed by atoms with Crippen molar-refractivity contribution in [3.05, 3.63) is 54.4 Å². The Morgan fingerprint density at radius 1 is 1.12 bits per heavy atom. The van der Waals surface area contributed by atoms with Crippen molar-refractivity contribution in [2.45, 2.75) is 0 Å². The topological polar surface area (TPSA) is 37.4 Å². The van der Waals surface area contributed by atoms with Crippen molar-refractivity contribution in [1.29, 1.82) is 0 Å². The molecular weight excluding hydrogens is 200 g/mol. The number of nitrogens with zero attached hydrogens (tertiary/aromatic N) is 1. The fraction of sp³-hybridized carbons (Fsp3) is 0.154. The molecule has 3 heteroatoms. The van der Waals surface area contributed by atoms with Crippen LogP contribution in [-0.4, -0.2) is 24.4 Å². The normalized spacial score (nSPS) is 10.8. The maximum atomic E-state index is 5.50. The number of hydrogen-bond donors (Lipinski definition) is 1. The van der Waals surface area contributed by atoms with E-state index in [1.54, 1.807) is 0 Å². The van der Waals surface area contributed by atoms with E-state index >= 15 is 0 Å². The maximum absolute atomic E-state index is 5.50. The molecule has 1 heterocycles. The highest BCUT2D eigenvalue weighted by Crippen LogP contribution is 2.07. The first-order valence-corrected chi connectivity index (χ1v) is 5.26. The van der Waals surface area contributed by atoms with Crippen LogP contribution in [0.3, 0.4) is 0 Å². The van der Waals surface area contributed by atoms with E-state index < -0.39 is 0 Å². The Morgan fingerprint density at radius 3 is 2.75 bits per heavy atom. The second-order valence-corrected chi connectivity index (χ2v) is 3.32.